The maximum Gasteiger partial charge on any atom is 0.123 e. The van der Waals surface area contributed by atoms with E-state index in [0.29, 0.717) is 33.6 Å². The van der Waals surface area contributed by atoms with Gasteiger partial charge in [0.05, 0.1) is 17.8 Å². The molecule has 0 bridgehead atoms. The van der Waals surface area contributed by atoms with E-state index in [4.69, 9.17) is 27.9 Å². The van der Waals surface area contributed by atoms with E-state index in [0.717, 1.165) is 0 Å². The van der Waals surface area contributed by atoms with Crippen LogP contribution in [-0.4, -0.2) is 7.11 Å². The normalized spacial score (nSPS) is 10.3. The summed E-state index contributed by atoms with van der Waals surface area (Å²) in [6.45, 7) is 0.378. The molecule has 0 aromatic heterocycles. The number of rotatable bonds is 4. The topological polar surface area (TPSA) is 21.3 Å². The maximum atomic E-state index is 13.1. The number of ether oxygens (including phenoxy) is 1. The van der Waals surface area contributed by atoms with Crippen LogP contribution in [0.25, 0.3) is 0 Å². The molecule has 2 aromatic rings. The Kier molecular flexibility index (Phi) is 4.51. The Morgan fingerprint density at radius 2 is 1.84 bits per heavy atom. The van der Waals surface area contributed by atoms with Gasteiger partial charge in [0.15, 0.2) is 0 Å². The lowest BCUT2D eigenvalue weighted by Crippen LogP contribution is -2.01. The fourth-order valence-corrected chi connectivity index (χ4v) is 2.00. The lowest BCUT2D eigenvalue weighted by molar-refractivity contribution is 0.415. The summed E-state index contributed by atoms with van der Waals surface area (Å²) in [5.41, 5.74) is 1.38. The molecule has 0 amide bonds. The number of nitrogens with one attached hydrogen (secondary N) is 1. The Labute approximate surface area is 121 Å². The van der Waals surface area contributed by atoms with Crippen molar-refractivity contribution in [3.05, 3.63) is 57.8 Å². The molecule has 0 fully saturated rings. The van der Waals surface area contributed by atoms with Crippen LogP contribution in [0.3, 0.4) is 0 Å². The summed E-state index contributed by atoms with van der Waals surface area (Å²) in [7, 11) is 1.58. The van der Waals surface area contributed by atoms with Gasteiger partial charge in [-0.05, 0) is 35.9 Å². The van der Waals surface area contributed by atoms with Gasteiger partial charge in [-0.15, -0.1) is 0 Å². The van der Waals surface area contributed by atoms with Crippen LogP contribution < -0.4 is 10.1 Å². The van der Waals surface area contributed by atoms with Gasteiger partial charge in [0.2, 0.25) is 0 Å². The van der Waals surface area contributed by atoms with E-state index in [1.807, 2.05) is 0 Å². The van der Waals surface area contributed by atoms with Crippen LogP contribution in [0.4, 0.5) is 10.1 Å². The molecular formula is C14H12Cl2FNO. The van der Waals surface area contributed by atoms with Crippen molar-refractivity contribution in [1.82, 2.24) is 0 Å². The number of anilines is 1. The predicted octanol–water partition coefficient (Wildman–Crippen LogP) is 4.75. The second-order valence-electron chi connectivity index (χ2n) is 3.94. The van der Waals surface area contributed by atoms with Crippen molar-refractivity contribution in [2.45, 2.75) is 6.54 Å². The van der Waals surface area contributed by atoms with Crippen LogP contribution in [0.15, 0.2) is 36.4 Å². The molecular weight excluding hydrogens is 288 g/mol. The van der Waals surface area contributed by atoms with E-state index < -0.39 is 0 Å². The summed E-state index contributed by atoms with van der Waals surface area (Å²) < 4.78 is 18.3. The Morgan fingerprint density at radius 3 is 2.58 bits per heavy atom. The predicted molar refractivity (Wildman–Crippen MR) is 76.7 cm³/mol. The minimum Gasteiger partial charge on any atom is -0.497 e. The zero-order valence-corrected chi connectivity index (χ0v) is 11.7. The molecule has 2 nitrogen and oxygen atoms in total. The fraction of sp³-hybridized carbons (Fsp3) is 0.143. The second kappa shape index (κ2) is 6.13. The van der Waals surface area contributed by atoms with Crippen LogP contribution >= 0.6 is 23.2 Å². The van der Waals surface area contributed by atoms with Gasteiger partial charge in [-0.2, -0.15) is 0 Å². The first-order chi connectivity index (χ1) is 9.10. The molecule has 0 saturated heterocycles. The molecule has 0 aliphatic carbocycles. The summed E-state index contributed by atoms with van der Waals surface area (Å²) in [5.74, 6) is 0.371. The number of halogens is 3. The molecule has 2 rings (SSSR count). The van der Waals surface area contributed by atoms with Gasteiger partial charge in [0.25, 0.3) is 0 Å². The van der Waals surface area contributed by atoms with Crippen LogP contribution in [-0.2, 0) is 6.54 Å². The van der Waals surface area contributed by atoms with Crippen LogP contribution in [0.1, 0.15) is 5.56 Å². The summed E-state index contributed by atoms with van der Waals surface area (Å²) in [6, 6.07) is 9.52. The van der Waals surface area contributed by atoms with Crippen LogP contribution in [0.2, 0.25) is 10.0 Å². The lowest BCUT2D eigenvalue weighted by Gasteiger charge is -2.11. The maximum absolute atomic E-state index is 13.1. The number of benzene rings is 2. The van der Waals surface area contributed by atoms with Crippen LogP contribution in [0, 0.1) is 5.82 Å². The lowest BCUT2D eigenvalue weighted by atomic mass is 10.2. The Bertz CT molecular complexity index is 590. The molecule has 0 radical (unpaired) electrons. The minimum atomic E-state index is -0.321. The van der Waals surface area contributed by atoms with E-state index >= 15 is 0 Å². The Hall–Kier alpha value is -1.45. The van der Waals surface area contributed by atoms with Gasteiger partial charge in [0, 0.05) is 17.6 Å². The molecule has 19 heavy (non-hydrogen) atoms. The molecule has 0 spiro atoms. The van der Waals surface area contributed by atoms with Gasteiger partial charge >= 0.3 is 0 Å². The van der Waals surface area contributed by atoms with E-state index in [-0.39, 0.29) is 5.82 Å². The number of methoxy groups -OCH3 is 1. The summed E-state index contributed by atoms with van der Waals surface area (Å²) in [4.78, 5) is 0. The minimum absolute atomic E-state index is 0.321. The standard InChI is InChI=1S/C14H12Cl2FNO/c1-19-11-3-5-13(16)14(7-11)18-8-9-6-10(17)2-4-12(9)15/h2-7,18H,8H2,1H3. The molecule has 0 unspecified atom stereocenters. The highest BCUT2D eigenvalue weighted by atomic mass is 35.5. The summed E-state index contributed by atoms with van der Waals surface area (Å²) in [6.07, 6.45) is 0. The first kappa shape index (κ1) is 14.0. The van der Waals surface area contributed by atoms with Gasteiger partial charge in [-0.3, -0.25) is 0 Å². The van der Waals surface area contributed by atoms with Crippen LogP contribution in [0.5, 0.6) is 5.75 Å². The largest absolute Gasteiger partial charge is 0.497 e. The molecule has 2 aromatic carbocycles. The third-order valence-corrected chi connectivity index (χ3v) is 3.35. The Balaban J connectivity index is 2.16. The zero-order valence-electron chi connectivity index (χ0n) is 10.2. The van der Waals surface area contributed by atoms with Crippen molar-refractivity contribution < 1.29 is 9.13 Å². The quantitative estimate of drug-likeness (QED) is 0.879. The molecule has 0 saturated carbocycles. The van der Waals surface area contributed by atoms with E-state index in [2.05, 4.69) is 5.32 Å². The highest BCUT2D eigenvalue weighted by molar-refractivity contribution is 6.33. The monoisotopic (exact) mass is 299 g/mol. The van der Waals surface area contributed by atoms with Crippen molar-refractivity contribution in [3.8, 4) is 5.75 Å². The van der Waals surface area contributed by atoms with Gasteiger partial charge in [-0.25, -0.2) is 4.39 Å². The molecule has 0 heterocycles. The van der Waals surface area contributed by atoms with E-state index in [1.54, 1.807) is 25.3 Å². The van der Waals surface area contributed by atoms with Crippen molar-refractivity contribution in [2.75, 3.05) is 12.4 Å². The Morgan fingerprint density at radius 1 is 1.11 bits per heavy atom. The second-order valence-corrected chi connectivity index (χ2v) is 4.75. The van der Waals surface area contributed by atoms with Gasteiger partial charge in [0.1, 0.15) is 11.6 Å². The number of hydrogen-bond acceptors (Lipinski definition) is 2. The first-order valence-electron chi connectivity index (χ1n) is 5.61. The van der Waals surface area contributed by atoms with E-state index in [9.17, 15) is 4.39 Å². The van der Waals surface area contributed by atoms with Crippen molar-refractivity contribution in [1.29, 1.82) is 0 Å². The molecule has 0 aliphatic rings. The van der Waals surface area contributed by atoms with Crippen molar-refractivity contribution in [2.24, 2.45) is 0 Å². The molecule has 100 valence electrons. The highest BCUT2D eigenvalue weighted by Gasteiger charge is 2.05. The SMILES string of the molecule is COc1ccc(Cl)c(NCc2cc(F)ccc2Cl)c1. The molecule has 5 heteroatoms. The molecule has 1 N–H and O–H groups in total. The van der Waals surface area contributed by atoms with E-state index in [1.165, 1.54) is 18.2 Å². The summed E-state index contributed by atoms with van der Waals surface area (Å²) >= 11 is 12.1. The van der Waals surface area contributed by atoms with Gasteiger partial charge < -0.3 is 10.1 Å². The average Bonchev–Trinajstić information content (AvgIpc) is 2.41. The highest BCUT2D eigenvalue weighted by Crippen LogP contribution is 2.28. The van der Waals surface area contributed by atoms with Crippen molar-refractivity contribution in [3.63, 3.8) is 0 Å². The molecule has 0 aliphatic heterocycles. The number of hydrogen-bond donors (Lipinski definition) is 1. The molecule has 0 atom stereocenters. The zero-order chi connectivity index (χ0) is 13.8. The third kappa shape index (κ3) is 3.52. The van der Waals surface area contributed by atoms with Gasteiger partial charge in [-0.1, -0.05) is 23.2 Å². The fourth-order valence-electron chi connectivity index (χ4n) is 1.64. The van der Waals surface area contributed by atoms with Crippen molar-refractivity contribution >= 4 is 28.9 Å². The smallest absolute Gasteiger partial charge is 0.123 e. The average molecular weight is 300 g/mol. The summed E-state index contributed by atoms with van der Waals surface area (Å²) in [5, 5.41) is 4.18. The third-order valence-electron chi connectivity index (χ3n) is 2.65. The first-order valence-corrected chi connectivity index (χ1v) is 6.37.